The Balaban J connectivity index is 2.68. The minimum Gasteiger partial charge on any atom is -0.480 e. The van der Waals surface area contributed by atoms with E-state index < -0.39 is 17.9 Å². The van der Waals surface area contributed by atoms with E-state index in [9.17, 15) is 9.59 Å². The lowest BCUT2D eigenvalue weighted by Crippen LogP contribution is -2.41. The highest BCUT2D eigenvalue weighted by Crippen LogP contribution is 2.10. The Morgan fingerprint density at radius 3 is 2.42 bits per heavy atom. The summed E-state index contributed by atoms with van der Waals surface area (Å²) in [6, 6.07) is 5.95. The molecule has 104 valence electrons. The number of aliphatic carboxylic acids is 1. The number of carboxylic acid groups (broad SMARTS) is 1. The molecule has 0 radical (unpaired) electrons. The summed E-state index contributed by atoms with van der Waals surface area (Å²) in [6.07, 6.45) is 1.98. The van der Waals surface area contributed by atoms with E-state index in [0.717, 1.165) is 11.3 Å². The van der Waals surface area contributed by atoms with Crippen molar-refractivity contribution < 1.29 is 19.8 Å². The Hall–Kier alpha value is -1.53. The van der Waals surface area contributed by atoms with Crippen molar-refractivity contribution in [2.24, 2.45) is 0 Å². The molecule has 5 nitrogen and oxygen atoms in total. The predicted octanol–water partition coefficient (Wildman–Crippen LogP) is 1.11. The number of aliphatic hydroxyl groups excluding tert-OH is 1. The fourth-order valence-electron chi connectivity index (χ4n) is 1.55. The van der Waals surface area contributed by atoms with E-state index in [4.69, 9.17) is 10.2 Å². The lowest BCUT2D eigenvalue weighted by atomic mass is 10.1. The van der Waals surface area contributed by atoms with Gasteiger partial charge in [-0.3, -0.25) is 4.79 Å². The summed E-state index contributed by atoms with van der Waals surface area (Å²) < 4.78 is 0. The van der Waals surface area contributed by atoms with Crippen LogP contribution in [0.3, 0.4) is 0 Å². The molecule has 1 aromatic rings. The molecule has 0 aromatic heterocycles. The molecule has 1 amide bonds. The fraction of sp³-hybridized carbons (Fsp3) is 0.385. The van der Waals surface area contributed by atoms with Crippen LogP contribution in [0.5, 0.6) is 0 Å². The van der Waals surface area contributed by atoms with Gasteiger partial charge in [0.1, 0.15) is 6.04 Å². The van der Waals surface area contributed by atoms with Crippen LogP contribution in [-0.4, -0.2) is 41.0 Å². The van der Waals surface area contributed by atoms with Gasteiger partial charge in [-0.2, -0.15) is 11.8 Å². The van der Waals surface area contributed by atoms with Gasteiger partial charge in [-0.1, -0.05) is 12.1 Å². The third kappa shape index (κ3) is 4.92. The quantitative estimate of drug-likeness (QED) is 0.698. The molecule has 1 rings (SSSR count). The van der Waals surface area contributed by atoms with Crippen LogP contribution in [-0.2, 0) is 10.5 Å². The number of nitrogens with one attached hydrogen (secondary N) is 1. The zero-order chi connectivity index (χ0) is 14.3. The summed E-state index contributed by atoms with van der Waals surface area (Å²) in [5.41, 5.74) is 1.52. The van der Waals surface area contributed by atoms with Crippen molar-refractivity contribution >= 4 is 23.6 Å². The highest BCUT2D eigenvalue weighted by atomic mass is 32.2. The maximum Gasteiger partial charge on any atom is 0.326 e. The monoisotopic (exact) mass is 283 g/mol. The second-order valence-corrected chi connectivity index (χ2v) is 4.87. The van der Waals surface area contributed by atoms with Crippen molar-refractivity contribution in [2.45, 2.75) is 18.2 Å². The predicted molar refractivity (Wildman–Crippen MR) is 74.3 cm³/mol. The van der Waals surface area contributed by atoms with E-state index in [1.54, 1.807) is 23.9 Å². The average molecular weight is 283 g/mol. The first-order valence-corrected chi connectivity index (χ1v) is 7.20. The zero-order valence-electron chi connectivity index (χ0n) is 10.6. The first-order chi connectivity index (χ1) is 9.08. The number of carbonyl (C=O) groups is 2. The molecule has 1 atom stereocenters. The van der Waals surface area contributed by atoms with E-state index in [2.05, 4.69) is 5.32 Å². The molecule has 1 unspecified atom stereocenters. The summed E-state index contributed by atoms with van der Waals surface area (Å²) in [7, 11) is 0. The van der Waals surface area contributed by atoms with Crippen molar-refractivity contribution in [2.75, 3.05) is 12.9 Å². The summed E-state index contributed by atoms with van der Waals surface area (Å²) >= 11 is 1.68. The topological polar surface area (TPSA) is 86.6 Å². The first-order valence-electron chi connectivity index (χ1n) is 5.81. The van der Waals surface area contributed by atoms with Crippen molar-refractivity contribution in [3.63, 3.8) is 0 Å². The van der Waals surface area contributed by atoms with Crippen LogP contribution < -0.4 is 5.32 Å². The second kappa shape index (κ2) is 7.81. The number of carbonyl (C=O) groups excluding carboxylic acids is 1. The Bertz CT molecular complexity index is 433. The molecular weight excluding hydrogens is 266 g/mol. The van der Waals surface area contributed by atoms with Gasteiger partial charge in [0, 0.05) is 24.3 Å². The number of aliphatic hydroxyl groups is 1. The van der Waals surface area contributed by atoms with Gasteiger partial charge in [-0.05, 0) is 24.0 Å². The lowest BCUT2D eigenvalue weighted by molar-refractivity contribution is -0.139. The minimum absolute atomic E-state index is 0.00830. The Labute approximate surface area is 116 Å². The molecule has 0 aliphatic rings. The van der Waals surface area contributed by atoms with Crippen LogP contribution in [0.15, 0.2) is 24.3 Å². The van der Waals surface area contributed by atoms with Crippen LogP contribution in [0.2, 0.25) is 0 Å². The van der Waals surface area contributed by atoms with Crippen LogP contribution in [0.4, 0.5) is 0 Å². The minimum atomic E-state index is -1.15. The molecule has 0 aliphatic heterocycles. The van der Waals surface area contributed by atoms with Crippen LogP contribution in [0.1, 0.15) is 22.3 Å². The van der Waals surface area contributed by atoms with E-state index in [0.29, 0.717) is 5.56 Å². The van der Waals surface area contributed by atoms with E-state index in [1.165, 1.54) is 0 Å². The summed E-state index contributed by atoms with van der Waals surface area (Å²) in [4.78, 5) is 22.7. The van der Waals surface area contributed by atoms with Gasteiger partial charge >= 0.3 is 5.97 Å². The molecule has 0 saturated heterocycles. The lowest BCUT2D eigenvalue weighted by Gasteiger charge is -2.13. The molecule has 19 heavy (non-hydrogen) atoms. The first kappa shape index (κ1) is 15.5. The third-order valence-electron chi connectivity index (χ3n) is 2.55. The van der Waals surface area contributed by atoms with Gasteiger partial charge in [0.05, 0.1) is 0 Å². The molecule has 0 spiro atoms. The van der Waals surface area contributed by atoms with E-state index in [1.807, 2.05) is 18.4 Å². The van der Waals surface area contributed by atoms with Crippen LogP contribution in [0, 0.1) is 0 Å². The molecule has 6 heteroatoms. The molecule has 0 fully saturated rings. The molecule has 0 heterocycles. The van der Waals surface area contributed by atoms with Crippen molar-refractivity contribution in [1.29, 1.82) is 0 Å². The van der Waals surface area contributed by atoms with Gasteiger partial charge in [-0.15, -0.1) is 0 Å². The third-order valence-corrected chi connectivity index (χ3v) is 3.17. The van der Waals surface area contributed by atoms with Crippen LogP contribution in [0.25, 0.3) is 0 Å². The Kier molecular flexibility index (Phi) is 6.38. The van der Waals surface area contributed by atoms with Crippen molar-refractivity contribution in [1.82, 2.24) is 5.32 Å². The number of rotatable bonds is 7. The number of carboxylic acids is 1. The fourth-order valence-corrected chi connectivity index (χ4v) is 2.07. The largest absolute Gasteiger partial charge is 0.480 e. The molecule has 0 bridgehead atoms. The smallest absolute Gasteiger partial charge is 0.326 e. The number of thioether (sulfide) groups is 1. The van der Waals surface area contributed by atoms with Crippen LogP contribution >= 0.6 is 11.8 Å². The summed E-state index contributed by atoms with van der Waals surface area (Å²) in [6.45, 7) is -0.288. The maximum atomic E-state index is 11.8. The highest BCUT2D eigenvalue weighted by Gasteiger charge is 2.19. The number of hydrogen-bond acceptors (Lipinski definition) is 4. The average Bonchev–Trinajstić information content (AvgIpc) is 2.39. The molecular formula is C13H17NO4S. The second-order valence-electron chi connectivity index (χ2n) is 4.01. The normalized spacial score (nSPS) is 11.9. The summed E-state index contributed by atoms with van der Waals surface area (Å²) in [5, 5.41) is 20.0. The van der Waals surface area contributed by atoms with Gasteiger partial charge in [0.2, 0.25) is 0 Å². The molecule has 0 aliphatic carbocycles. The SMILES string of the molecule is CSCc1ccc(C(=O)NC(CCO)C(=O)O)cc1. The number of amides is 1. The number of benzene rings is 1. The zero-order valence-corrected chi connectivity index (χ0v) is 11.4. The molecule has 1 aromatic carbocycles. The standard InChI is InChI=1S/C13H17NO4S/c1-19-8-9-2-4-10(5-3-9)12(16)14-11(6-7-15)13(17)18/h2-5,11,15H,6-8H2,1H3,(H,14,16)(H,17,18). The summed E-state index contributed by atoms with van der Waals surface area (Å²) in [5.74, 6) is -0.734. The van der Waals surface area contributed by atoms with E-state index in [-0.39, 0.29) is 13.0 Å². The van der Waals surface area contributed by atoms with E-state index >= 15 is 0 Å². The number of hydrogen-bond donors (Lipinski definition) is 3. The molecule has 3 N–H and O–H groups in total. The highest BCUT2D eigenvalue weighted by molar-refractivity contribution is 7.97. The van der Waals surface area contributed by atoms with Crippen molar-refractivity contribution in [3.05, 3.63) is 35.4 Å². The Morgan fingerprint density at radius 2 is 1.95 bits per heavy atom. The van der Waals surface area contributed by atoms with Gasteiger partial charge in [-0.25, -0.2) is 4.79 Å². The van der Waals surface area contributed by atoms with Crippen molar-refractivity contribution in [3.8, 4) is 0 Å². The Morgan fingerprint density at radius 1 is 1.32 bits per heavy atom. The molecule has 0 saturated carbocycles. The van der Waals surface area contributed by atoms with Gasteiger partial charge < -0.3 is 15.5 Å². The van der Waals surface area contributed by atoms with Gasteiger partial charge in [0.15, 0.2) is 0 Å². The van der Waals surface area contributed by atoms with Gasteiger partial charge in [0.25, 0.3) is 5.91 Å². The maximum absolute atomic E-state index is 11.8.